The predicted octanol–water partition coefficient (Wildman–Crippen LogP) is 2.75. The lowest BCUT2D eigenvalue weighted by Gasteiger charge is -1.95. The van der Waals surface area contributed by atoms with E-state index in [2.05, 4.69) is 15.9 Å². The van der Waals surface area contributed by atoms with Crippen LogP contribution in [0.25, 0.3) is 6.08 Å². The molecule has 0 radical (unpaired) electrons. The molecule has 0 aliphatic carbocycles. The van der Waals surface area contributed by atoms with Crippen molar-refractivity contribution in [1.29, 1.82) is 0 Å². The molecule has 0 fully saturated rings. The van der Waals surface area contributed by atoms with Gasteiger partial charge in [-0.15, -0.1) is 0 Å². The fraction of sp³-hybridized carbons (Fsp3) is 0. The van der Waals surface area contributed by atoms with E-state index in [4.69, 9.17) is 5.11 Å². The van der Waals surface area contributed by atoms with Crippen LogP contribution in [0.1, 0.15) is 15.9 Å². The predicted molar refractivity (Wildman–Crippen MR) is 51.4 cm³/mol. The Balaban J connectivity index is 3.03. The molecule has 0 atom stereocenters. The molecule has 3 heteroatoms. The van der Waals surface area contributed by atoms with Gasteiger partial charge in [0.15, 0.2) is 0 Å². The Morgan fingerprint density at radius 1 is 1.50 bits per heavy atom. The molecule has 1 N–H and O–H groups in total. The lowest BCUT2D eigenvalue weighted by Crippen LogP contribution is -1.95. The summed E-state index contributed by atoms with van der Waals surface area (Å²) in [6.45, 7) is 0. The third-order valence-electron chi connectivity index (χ3n) is 1.39. The highest BCUT2D eigenvalue weighted by Gasteiger charge is 2.00. The molecule has 0 amide bonds. The number of halogens is 1. The van der Waals surface area contributed by atoms with Gasteiger partial charge in [-0.3, -0.25) is 0 Å². The minimum absolute atomic E-state index is 0.304. The van der Waals surface area contributed by atoms with Gasteiger partial charge in [-0.2, -0.15) is 0 Å². The highest BCUT2D eigenvalue weighted by molar-refractivity contribution is 9.11. The zero-order chi connectivity index (χ0) is 8.97. The molecule has 1 rings (SSSR count). The minimum Gasteiger partial charge on any atom is -0.478 e. The molecule has 0 heterocycles. The smallest absolute Gasteiger partial charge is 0.335 e. The van der Waals surface area contributed by atoms with Crippen molar-refractivity contribution in [3.63, 3.8) is 0 Å². The van der Waals surface area contributed by atoms with Gasteiger partial charge >= 0.3 is 5.97 Å². The first-order chi connectivity index (χ1) is 5.74. The standard InChI is InChI=1S/C9H7BrO2/c10-5-4-7-2-1-3-8(6-7)9(11)12/h1-6H,(H,11,12)/b5-4+. The van der Waals surface area contributed by atoms with Crippen LogP contribution in [0.2, 0.25) is 0 Å². The summed E-state index contributed by atoms with van der Waals surface area (Å²) in [5.41, 5.74) is 1.17. The highest BCUT2D eigenvalue weighted by Crippen LogP contribution is 2.07. The van der Waals surface area contributed by atoms with Crippen LogP contribution in [-0.2, 0) is 0 Å². The molecule has 0 saturated carbocycles. The lowest BCUT2D eigenvalue weighted by molar-refractivity contribution is 0.0697. The van der Waals surface area contributed by atoms with Gasteiger partial charge in [-0.1, -0.05) is 28.1 Å². The molecule has 1 aromatic rings. The van der Waals surface area contributed by atoms with Crippen molar-refractivity contribution in [3.8, 4) is 0 Å². The van der Waals surface area contributed by atoms with E-state index >= 15 is 0 Å². The zero-order valence-corrected chi connectivity index (χ0v) is 7.78. The maximum absolute atomic E-state index is 10.5. The summed E-state index contributed by atoms with van der Waals surface area (Å²) in [7, 11) is 0. The molecule has 1 aromatic carbocycles. The molecule has 0 aromatic heterocycles. The second-order valence-corrected chi connectivity index (χ2v) is 2.75. The van der Waals surface area contributed by atoms with Gasteiger partial charge in [0.25, 0.3) is 0 Å². The normalized spacial score (nSPS) is 10.4. The Morgan fingerprint density at radius 3 is 2.83 bits per heavy atom. The third kappa shape index (κ3) is 2.20. The van der Waals surface area contributed by atoms with Crippen LogP contribution in [0.3, 0.4) is 0 Å². The van der Waals surface area contributed by atoms with Crippen molar-refractivity contribution < 1.29 is 9.90 Å². The molecule has 0 bridgehead atoms. The van der Waals surface area contributed by atoms with Crippen molar-refractivity contribution in [2.75, 3.05) is 0 Å². The van der Waals surface area contributed by atoms with Crippen LogP contribution < -0.4 is 0 Å². The van der Waals surface area contributed by atoms with Crippen LogP contribution in [0.5, 0.6) is 0 Å². The number of carboxylic acids is 1. The second kappa shape index (κ2) is 4.07. The Morgan fingerprint density at radius 2 is 2.25 bits per heavy atom. The molecular weight excluding hydrogens is 220 g/mol. The van der Waals surface area contributed by atoms with Gasteiger partial charge in [0.2, 0.25) is 0 Å². The molecule has 2 nitrogen and oxygen atoms in total. The van der Waals surface area contributed by atoms with E-state index in [1.807, 2.05) is 6.07 Å². The fourth-order valence-electron chi connectivity index (χ4n) is 0.848. The van der Waals surface area contributed by atoms with Gasteiger partial charge in [0.1, 0.15) is 0 Å². The first kappa shape index (κ1) is 9.00. The number of aromatic carboxylic acids is 1. The average Bonchev–Trinajstić information content (AvgIpc) is 2.05. The summed E-state index contributed by atoms with van der Waals surface area (Å²) in [5.74, 6) is -0.903. The summed E-state index contributed by atoms with van der Waals surface area (Å²) < 4.78 is 0. The average molecular weight is 227 g/mol. The Kier molecular flexibility index (Phi) is 3.05. The second-order valence-electron chi connectivity index (χ2n) is 2.22. The Hall–Kier alpha value is -1.09. The molecule has 0 aliphatic rings. The fourth-order valence-corrected chi connectivity index (χ4v) is 1.15. The lowest BCUT2D eigenvalue weighted by atomic mass is 10.1. The molecule has 0 aliphatic heterocycles. The van der Waals surface area contributed by atoms with Gasteiger partial charge in [-0.25, -0.2) is 4.79 Å². The quantitative estimate of drug-likeness (QED) is 0.843. The summed E-state index contributed by atoms with van der Waals surface area (Å²) in [4.78, 5) is 12.2. The van der Waals surface area contributed by atoms with E-state index in [9.17, 15) is 4.79 Å². The monoisotopic (exact) mass is 226 g/mol. The maximum atomic E-state index is 10.5. The van der Waals surface area contributed by atoms with Crippen LogP contribution in [-0.4, -0.2) is 11.1 Å². The first-order valence-electron chi connectivity index (χ1n) is 3.34. The minimum atomic E-state index is -0.903. The van der Waals surface area contributed by atoms with Crippen LogP contribution in [0.15, 0.2) is 29.3 Å². The van der Waals surface area contributed by atoms with E-state index in [0.29, 0.717) is 5.56 Å². The van der Waals surface area contributed by atoms with Gasteiger partial charge in [0.05, 0.1) is 5.56 Å². The summed E-state index contributed by atoms with van der Waals surface area (Å²) >= 11 is 3.12. The summed E-state index contributed by atoms with van der Waals surface area (Å²) in [6, 6.07) is 6.73. The van der Waals surface area contributed by atoms with Crippen molar-refractivity contribution in [2.24, 2.45) is 0 Å². The van der Waals surface area contributed by atoms with Gasteiger partial charge in [-0.05, 0) is 28.8 Å². The number of carboxylic acid groups (broad SMARTS) is 1. The number of benzene rings is 1. The third-order valence-corrected chi connectivity index (χ3v) is 1.65. The number of hydrogen-bond donors (Lipinski definition) is 1. The van der Waals surface area contributed by atoms with Crippen LogP contribution in [0.4, 0.5) is 0 Å². The molecule has 0 unspecified atom stereocenters. The number of rotatable bonds is 2. The molecule has 0 saturated heterocycles. The zero-order valence-electron chi connectivity index (χ0n) is 6.20. The van der Waals surface area contributed by atoms with Crippen LogP contribution >= 0.6 is 15.9 Å². The van der Waals surface area contributed by atoms with E-state index in [1.165, 1.54) is 0 Å². The molecular formula is C9H7BrO2. The topological polar surface area (TPSA) is 37.3 Å². The Labute approximate surface area is 78.7 Å². The van der Waals surface area contributed by atoms with Gasteiger partial charge < -0.3 is 5.11 Å². The summed E-state index contributed by atoms with van der Waals surface area (Å²) in [6.07, 6.45) is 1.78. The SMILES string of the molecule is O=C(O)c1cccc(/C=C/Br)c1. The van der Waals surface area contributed by atoms with E-state index in [1.54, 1.807) is 29.3 Å². The van der Waals surface area contributed by atoms with Gasteiger partial charge in [0, 0.05) is 0 Å². The highest BCUT2D eigenvalue weighted by atomic mass is 79.9. The van der Waals surface area contributed by atoms with E-state index in [-0.39, 0.29) is 0 Å². The number of hydrogen-bond acceptors (Lipinski definition) is 1. The molecule has 0 spiro atoms. The maximum Gasteiger partial charge on any atom is 0.335 e. The van der Waals surface area contributed by atoms with E-state index in [0.717, 1.165) is 5.56 Å². The first-order valence-corrected chi connectivity index (χ1v) is 4.26. The van der Waals surface area contributed by atoms with Crippen molar-refractivity contribution in [2.45, 2.75) is 0 Å². The molecule has 12 heavy (non-hydrogen) atoms. The van der Waals surface area contributed by atoms with E-state index < -0.39 is 5.97 Å². The van der Waals surface area contributed by atoms with Crippen LogP contribution in [0, 0.1) is 0 Å². The number of carbonyl (C=O) groups is 1. The van der Waals surface area contributed by atoms with Crippen molar-refractivity contribution in [3.05, 3.63) is 40.4 Å². The van der Waals surface area contributed by atoms with Crippen molar-refractivity contribution in [1.82, 2.24) is 0 Å². The largest absolute Gasteiger partial charge is 0.478 e. The Bertz CT molecular complexity index is 318. The summed E-state index contributed by atoms with van der Waals surface area (Å²) in [5, 5.41) is 8.64. The van der Waals surface area contributed by atoms with Crippen molar-refractivity contribution >= 4 is 28.0 Å². The molecule has 62 valence electrons.